The molecule has 0 saturated carbocycles. The summed E-state index contributed by atoms with van der Waals surface area (Å²) in [6.45, 7) is 1.62. The van der Waals surface area contributed by atoms with Crippen LogP contribution in [0, 0.1) is 5.92 Å². The summed E-state index contributed by atoms with van der Waals surface area (Å²) in [4.78, 5) is 11.2. The van der Waals surface area contributed by atoms with E-state index in [9.17, 15) is 9.90 Å². The van der Waals surface area contributed by atoms with Crippen LogP contribution in [-0.4, -0.2) is 24.2 Å². The van der Waals surface area contributed by atoms with Gasteiger partial charge in [0.2, 0.25) is 0 Å². The number of hydrogen-bond donors (Lipinski definition) is 2. The molecule has 0 aromatic heterocycles. The second-order valence-electron chi connectivity index (χ2n) is 6.62. The Hall–Kier alpha value is -0.570. The lowest BCUT2D eigenvalue weighted by Crippen LogP contribution is -2.29. The maximum atomic E-state index is 11.2. The van der Waals surface area contributed by atoms with Crippen LogP contribution in [0.1, 0.15) is 89.9 Å². The van der Waals surface area contributed by atoms with Gasteiger partial charge in [-0.1, -0.05) is 77.0 Å². The molecule has 0 radical (unpaired) electrons. The molecule has 1 aliphatic rings. The van der Waals surface area contributed by atoms with Gasteiger partial charge in [0.15, 0.2) is 0 Å². The predicted octanol–water partition coefficient (Wildman–Crippen LogP) is 4.75. The number of carboxylic acids is 1. The summed E-state index contributed by atoms with van der Waals surface area (Å²) < 4.78 is 0. The van der Waals surface area contributed by atoms with Crippen LogP contribution < -0.4 is 5.32 Å². The molecule has 1 saturated heterocycles. The zero-order valence-electron chi connectivity index (χ0n) is 13.7. The van der Waals surface area contributed by atoms with E-state index in [0.717, 1.165) is 19.4 Å². The average molecular weight is 297 g/mol. The van der Waals surface area contributed by atoms with Gasteiger partial charge >= 0.3 is 5.97 Å². The van der Waals surface area contributed by atoms with Gasteiger partial charge in [-0.15, -0.1) is 0 Å². The molecule has 2 N–H and O–H groups in total. The molecule has 0 bridgehead atoms. The summed E-state index contributed by atoms with van der Waals surface area (Å²) in [7, 11) is 0. The van der Waals surface area contributed by atoms with Crippen LogP contribution >= 0.6 is 0 Å². The lowest BCUT2D eigenvalue weighted by Gasteiger charge is -2.13. The van der Waals surface area contributed by atoms with E-state index in [1.165, 1.54) is 77.0 Å². The Morgan fingerprint density at radius 1 is 0.714 bits per heavy atom. The summed E-state index contributed by atoms with van der Waals surface area (Å²) in [5.74, 6) is -0.819. The van der Waals surface area contributed by atoms with Crippen LogP contribution in [0.4, 0.5) is 0 Å². The Labute approximate surface area is 130 Å². The second-order valence-corrected chi connectivity index (χ2v) is 6.62. The van der Waals surface area contributed by atoms with Crippen molar-refractivity contribution in [1.82, 2.24) is 5.32 Å². The van der Waals surface area contributed by atoms with Crippen molar-refractivity contribution in [2.75, 3.05) is 13.1 Å². The topological polar surface area (TPSA) is 49.3 Å². The van der Waals surface area contributed by atoms with Crippen molar-refractivity contribution in [2.24, 2.45) is 5.92 Å². The normalized spacial score (nSPS) is 25.6. The third kappa shape index (κ3) is 10.8. The first-order chi connectivity index (χ1) is 10.3. The van der Waals surface area contributed by atoms with Gasteiger partial charge in [-0.25, -0.2) is 0 Å². The average Bonchev–Trinajstić information content (AvgIpc) is 2.47. The molecule has 0 amide bonds. The number of hydrogen-bond acceptors (Lipinski definition) is 2. The van der Waals surface area contributed by atoms with Gasteiger partial charge in [0, 0.05) is 6.54 Å². The molecule has 1 rings (SSSR count). The van der Waals surface area contributed by atoms with Gasteiger partial charge in [0.25, 0.3) is 0 Å². The van der Waals surface area contributed by atoms with Gasteiger partial charge in [0.05, 0.1) is 5.92 Å². The molecule has 3 heteroatoms. The quantitative estimate of drug-likeness (QED) is 0.734. The third-order valence-corrected chi connectivity index (χ3v) is 4.65. The van der Waals surface area contributed by atoms with Crippen molar-refractivity contribution >= 4 is 5.97 Å². The van der Waals surface area contributed by atoms with Crippen molar-refractivity contribution in [2.45, 2.75) is 89.9 Å². The number of nitrogens with one attached hydrogen (secondary N) is 1. The summed E-state index contributed by atoms with van der Waals surface area (Å²) in [5.41, 5.74) is 0. The standard InChI is InChI=1S/C18H35NO2/c20-18(21)17-14-12-10-8-6-4-2-1-3-5-7-9-11-13-15-19-16-17/h17,19H,1-16H2,(H,20,21). The zero-order valence-corrected chi connectivity index (χ0v) is 13.7. The molecule has 3 nitrogen and oxygen atoms in total. The Kier molecular flexibility index (Phi) is 11.5. The number of aliphatic carboxylic acids is 1. The van der Waals surface area contributed by atoms with Crippen molar-refractivity contribution in [3.8, 4) is 0 Å². The SMILES string of the molecule is O=C(O)C1CCCCCCCCCCCCCCCNC1. The molecule has 1 fully saturated rings. The molecule has 1 aliphatic heterocycles. The predicted molar refractivity (Wildman–Crippen MR) is 88.6 cm³/mol. The van der Waals surface area contributed by atoms with Crippen LogP contribution in [0.3, 0.4) is 0 Å². The highest BCUT2D eigenvalue weighted by Crippen LogP contribution is 2.15. The van der Waals surface area contributed by atoms with Crippen LogP contribution in [-0.2, 0) is 4.79 Å². The van der Waals surface area contributed by atoms with Gasteiger partial charge in [-0.2, -0.15) is 0 Å². The Morgan fingerprint density at radius 3 is 1.62 bits per heavy atom. The summed E-state index contributed by atoms with van der Waals surface area (Å²) in [6.07, 6.45) is 17.9. The molecular formula is C18H35NO2. The molecule has 0 aliphatic carbocycles. The molecule has 21 heavy (non-hydrogen) atoms. The molecule has 0 aromatic carbocycles. The van der Waals surface area contributed by atoms with Crippen LogP contribution in [0.15, 0.2) is 0 Å². The highest BCUT2D eigenvalue weighted by atomic mass is 16.4. The van der Waals surface area contributed by atoms with E-state index in [1.54, 1.807) is 0 Å². The number of carbonyl (C=O) groups is 1. The summed E-state index contributed by atoms with van der Waals surface area (Å²) in [5, 5.41) is 12.6. The van der Waals surface area contributed by atoms with Gasteiger partial charge in [-0.3, -0.25) is 4.79 Å². The second kappa shape index (κ2) is 13.1. The van der Waals surface area contributed by atoms with Crippen molar-refractivity contribution in [1.29, 1.82) is 0 Å². The molecule has 1 atom stereocenters. The fourth-order valence-corrected chi connectivity index (χ4v) is 3.17. The van der Waals surface area contributed by atoms with Crippen molar-refractivity contribution in [3.05, 3.63) is 0 Å². The third-order valence-electron chi connectivity index (χ3n) is 4.65. The number of rotatable bonds is 1. The molecule has 0 aromatic rings. The van der Waals surface area contributed by atoms with E-state index >= 15 is 0 Å². The van der Waals surface area contributed by atoms with E-state index < -0.39 is 5.97 Å². The minimum atomic E-state index is -0.628. The fourth-order valence-electron chi connectivity index (χ4n) is 3.17. The molecule has 0 spiro atoms. The summed E-state index contributed by atoms with van der Waals surface area (Å²) in [6, 6.07) is 0. The lowest BCUT2D eigenvalue weighted by atomic mass is 9.99. The first kappa shape index (κ1) is 18.5. The lowest BCUT2D eigenvalue weighted by molar-refractivity contribution is -0.141. The zero-order chi connectivity index (χ0) is 15.2. The Balaban J connectivity index is 2.23. The van der Waals surface area contributed by atoms with E-state index in [1.807, 2.05) is 0 Å². The largest absolute Gasteiger partial charge is 0.481 e. The van der Waals surface area contributed by atoms with E-state index in [4.69, 9.17) is 0 Å². The molecule has 1 unspecified atom stereocenters. The Bertz CT molecular complexity index is 238. The molecular weight excluding hydrogens is 262 g/mol. The van der Waals surface area contributed by atoms with Crippen LogP contribution in [0.25, 0.3) is 0 Å². The number of carboxylic acid groups (broad SMARTS) is 1. The first-order valence-corrected chi connectivity index (χ1v) is 9.24. The van der Waals surface area contributed by atoms with Gasteiger partial charge < -0.3 is 10.4 Å². The maximum absolute atomic E-state index is 11.2. The van der Waals surface area contributed by atoms with Crippen molar-refractivity contribution < 1.29 is 9.90 Å². The Morgan fingerprint density at radius 2 is 1.14 bits per heavy atom. The van der Waals surface area contributed by atoms with Gasteiger partial charge in [-0.05, 0) is 19.4 Å². The van der Waals surface area contributed by atoms with E-state index in [0.29, 0.717) is 6.54 Å². The van der Waals surface area contributed by atoms with Crippen LogP contribution in [0.2, 0.25) is 0 Å². The monoisotopic (exact) mass is 297 g/mol. The molecule has 1 heterocycles. The minimum absolute atomic E-state index is 0.191. The van der Waals surface area contributed by atoms with E-state index in [-0.39, 0.29) is 5.92 Å². The molecule has 124 valence electrons. The highest BCUT2D eigenvalue weighted by Gasteiger charge is 2.16. The van der Waals surface area contributed by atoms with Crippen LogP contribution in [0.5, 0.6) is 0 Å². The fraction of sp³-hybridized carbons (Fsp3) is 0.944. The minimum Gasteiger partial charge on any atom is -0.481 e. The highest BCUT2D eigenvalue weighted by molar-refractivity contribution is 5.70. The smallest absolute Gasteiger partial charge is 0.307 e. The van der Waals surface area contributed by atoms with Crippen molar-refractivity contribution in [3.63, 3.8) is 0 Å². The summed E-state index contributed by atoms with van der Waals surface area (Å²) >= 11 is 0. The van der Waals surface area contributed by atoms with E-state index in [2.05, 4.69) is 5.32 Å². The first-order valence-electron chi connectivity index (χ1n) is 9.24. The maximum Gasteiger partial charge on any atom is 0.307 e. The van der Waals surface area contributed by atoms with Gasteiger partial charge in [0.1, 0.15) is 0 Å².